The van der Waals surface area contributed by atoms with E-state index in [0.717, 1.165) is 29.2 Å². The van der Waals surface area contributed by atoms with Crippen LogP contribution in [0, 0.1) is 5.92 Å². The summed E-state index contributed by atoms with van der Waals surface area (Å²) in [4.78, 5) is 15.3. The van der Waals surface area contributed by atoms with E-state index in [1.807, 2.05) is 18.2 Å². The Bertz CT molecular complexity index is 945. The normalized spacial score (nSPS) is 18.3. The molecule has 3 rings (SSSR count). The molecule has 0 spiro atoms. The molecule has 2 aromatic carbocycles. The number of amides is 1. The van der Waals surface area contributed by atoms with Crippen LogP contribution >= 0.6 is 0 Å². The van der Waals surface area contributed by atoms with E-state index in [4.69, 9.17) is 0 Å². The fourth-order valence-corrected chi connectivity index (χ4v) is 4.49. The van der Waals surface area contributed by atoms with Crippen molar-refractivity contribution in [2.45, 2.75) is 32.4 Å². The summed E-state index contributed by atoms with van der Waals surface area (Å²) in [6.45, 7) is 4.78. The highest BCUT2D eigenvalue weighted by Crippen LogP contribution is 2.24. The van der Waals surface area contributed by atoms with Gasteiger partial charge < -0.3 is 10.2 Å². The zero-order chi connectivity index (χ0) is 21.7. The minimum atomic E-state index is -3.53. The summed E-state index contributed by atoms with van der Waals surface area (Å²) in [6.07, 6.45) is 3.61. The minimum absolute atomic E-state index is 0.344. The maximum absolute atomic E-state index is 12.9. The molecule has 1 aliphatic rings. The van der Waals surface area contributed by atoms with Crippen LogP contribution in [0.5, 0.6) is 0 Å². The molecule has 0 aromatic heterocycles. The van der Waals surface area contributed by atoms with Crippen molar-refractivity contribution >= 4 is 21.6 Å². The van der Waals surface area contributed by atoms with Crippen molar-refractivity contribution in [1.29, 1.82) is 0 Å². The number of likely N-dealkylation sites (N-methyl/N-ethyl adjacent to an activating group) is 1. The number of rotatable bonds is 7. The highest BCUT2D eigenvalue weighted by molar-refractivity contribution is 7.88. The zero-order valence-corrected chi connectivity index (χ0v) is 18.7. The van der Waals surface area contributed by atoms with Crippen molar-refractivity contribution in [2.75, 3.05) is 31.3 Å². The van der Waals surface area contributed by atoms with Crippen LogP contribution in [0.4, 0.5) is 5.69 Å². The van der Waals surface area contributed by atoms with Crippen LogP contribution in [-0.2, 0) is 21.4 Å². The van der Waals surface area contributed by atoms with Crippen LogP contribution in [0.3, 0.4) is 0 Å². The Balaban J connectivity index is 1.68. The third-order valence-electron chi connectivity index (χ3n) is 5.68. The number of hydrogen-bond acceptors (Lipinski definition) is 4. The third kappa shape index (κ3) is 5.61. The second kappa shape index (κ2) is 9.62. The van der Waals surface area contributed by atoms with Gasteiger partial charge in [0.15, 0.2) is 0 Å². The lowest BCUT2D eigenvalue weighted by atomic mass is 9.99. The SMILES string of the molecule is CC1CCCN(c2ccc(CNC(=O)C(c3ccccc3)N(C)S(C)(=O)=O)cc2)C1. The van der Waals surface area contributed by atoms with Crippen molar-refractivity contribution in [2.24, 2.45) is 5.92 Å². The molecule has 1 heterocycles. The van der Waals surface area contributed by atoms with Gasteiger partial charge in [0.2, 0.25) is 15.9 Å². The molecule has 2 unspecified atom stereocenters. The lowest BCUT2D eigenvalue weighted by molar-refractivity contribution is -0.124. The number of anilines is 1. The molecule has 1 fully saturated rings. The van der Waals surface area contributed by atoms with Gasteiger partial charge in [0.25, 0.3) is 0 Å². The van der Waals surface area contributed by atoms with Crippen molar-refractivity contribution in [3.8, 4) is 0 Å². The van der Waals surface area contributed by atoms with Crippen molar-refractivity contribution in [1.82, 2.24) is 9.62 Å². The van der Waals surface area contributed by atoms with E-state index in [1.54, 1.807) is 24.3 Å². The van der Waals surface area contributed by atoms with Gasteiger partial charge in [-0.2, -0.15) is 4.31 Å². The largest absolute Gasteiger partial charge is 0.371 e. The molecule has 6 nitrogen and oxygen atoms in total. The first-order chi connectivity index (χ1) is 14.3. The van der Waals surface area contributed by atoms with Crippen LogP contribution in [-0.4, -0.2) is 45.0 Å². The first kappa shape index (κ1) is 22.3. The highest BCUT2D eigenvalue weighted by atomic mass is 32.2. The van der Waals surface area contributed by atoms with Gasteiger partial charge in [-0.15, -0.1) is 0 Å². The van der Waals surface area contributed by atoms with Gasteiger partial charge in [-0.3, -0.25) is 4.79 Å². The quantitative estimate of drug-likeness (QED) is 0.734. The van der Waals surface area contributed by atoms with E-state index in [0.29, 0.717) is 18.0 Å². The molecule has 2 atom stereocenters. The molecule has 1 N–H and O–H groups in total. The van der Waals surface area contributed by atoms with E-state index in [1.165, 1.54) is 25.6 Å². The summed E-state index contributed by atoms with van der Waals surface area (Å²) in [5.41, 5.74) is 2.82. The van der Waals surface area contributed by atoms with Gasteiger partial charge in [-0.1, -0.05) is 49.4 Å². The van der Waals surface area contributed by atoms with E-state index >= 15 is 0 Å². The number of carbonyl (C=O) groups excluding carboxylic acids is 1. The maximum Gasteiger partial charge on any atom is 0.243 e. The number of benzene rings is 2. The zero-order valence-electron chi connectivity index (χ0n) is 17.9. The number of carbonyl (C=O) groups is 1. The Morgan fingerprint density at radius 1 is 1.17 bits per heavy atom. The molecule has 1 saturated heterocycles. The topological polar surface area (TPSA) is 69.7 Å². The lowest BCUT2D eigenvalue weighted by Crippen LogP contribution is -2.41. The molecule has 162 valence electrons. The summed E-state index contributed by atoms with van der Waals surface area (Å²) in [5.74, 6) is 0.363. The predicted octanol–water partition coefficient (Wildman–Crippen LogP) is 3.17. The van der Waals surface area contributed by atoms with E-state index in [9.17, 15) is 13.2 Å². The van der Waals surface area contributed by atoms with Gasteiger partial charge in [0.1, 0.15) is 6.04 Å². The molecule has 1 aliphatic heterocycles. The fraction of sp³-hybridized carbons (Fsp3) is 0.435. The van der Waals surface area contributed by atoms with Gasteiger partial charge in [0, 0.05) is 32.4 Å². The molecule has 2 aromatic rings. The molecule has 0 bridgehead atoms. The molecule has 0 radical (unpaired) electrons. The first-order valence-corrected chi connectivity index (χ1v) is 12.2. The maximum atomic E-state index is 12.9. The molecular formula is C23H31N3O3S. The van der Waals surface area contributed by atoms with Crippen LogP contribution in [0.1, 0.15) is 36.9 Å². The Labute approximate surface area is 179 Å². The second-order valence-corrected chi connectivity index (χ2v) is 10.2. The average Bonchev–Trinajstić information content (AvgIpc) is 2.73. The number of sulfonamides is 1. The average molecular weight is 430 g/mol. The van der Waals surface area contributed by atoms with Crippen molar-refractivity contribution < 1.29 is 13.2 Å². The highest BCUT2D eigenvalue weighted by Gasteiger charge is 2.30. The van der Waals surface area contributed by atoms with E-state index < -0.39 is 16.1 Å². The molecule has 30 heavy (non-hydrogen) atoms. The van der Waals surface area contributed by atoms with Gasteiger partial charge in [-0.25, -0.2) is 8.42 Å². The van der Waals surface area contributed by atoms with Gasteiger partial charge >= 0.3 is 0 Å². The molecule has 1 amide bonds. The van der Waals surface area contributed by atoms with Crippen LogP contribution in [0.15, 0.2) is 54.6 Å². The summed E-state index contributed by atoms with van der Waals surface area (Å²) in [6, 6.07) is 16.3. The summed E-state index contributed by atoms with van der Waals surface area (Å²) in [7, 11) is -2.10. The Morgan fingerprint density at radius 3 is 2.43 bits per heavy atom. The van der Waals surface area contributed by atoms with Crippen molar-refractivity contribution in [3.63, 3.8) is 0 Å². The standard InChI is InChI=1S/C23H31N3O3S/c1-18-8-7-15-26(17-18)21-13-11-19(12-14-21)16-24-23(27)22(25(2)30(3,28)29)20-9-5-4-6-10-20/h4-6,9-14,18,22H,7-8,15-17H2,1-3H3,(H,24,27). The second-order valence-electron chi connectivity index (χ2n) is 8.17. The summed E-state index contributed by atoms with van der Waals surface area (Å²) < 4.78 is 25.3. The molecule has 0 saturated carbocycles. The van der Waals surface area contributed by atoms with Gasteiger partial charge in [0.05, 0.1) is 6.26 Å². The van der Waals surface area contributed by atoms with Crippen LogP contribution < -0.4 is 10.2 Å². The van der Waals surface area contributed by atoms with E-state index in [2.05, 4.69) is 29.3 Å². The van der Waals surface area contributed by atoms with E-state index in [-0.39, 0.29) is 5.91 Å². The first-order valence-electron chi connectivity index (χ1n) is 10.4. The third-order valence-corrected chi connectivity index (χ3v) is 6.93. The monoisotopic (exact) mass is 429 g/mol. The van der Waals surface area contributed by atoms with Crippen molar-refractivity contribution in [3.05, 3.63) is 65.7 Å². The molecular weight excluding hydrogens is 398 g/mol. The van der Waals surface area contributed by atoms with Crippen LogP contribution in [0.2, 0.25) is 0 Å². The van der Waals surface area contributed by atoms with Gasteiger partial charge in [-0.05, 0) is 42.0 Å². The Hall–Kier alpha value is -2.38. The number of nitrogens with one attached hydrogen (secondary N) is 1. The number of hydrogen-bond donors (Lipinski definition) is 1. The fourth-order valence-electron chi connectivity index (χ4n) is 3.89. The summed E-state index contributed by atoms with van der Waals surface area (Å²) >= 11 is 0. The molecule has 0 aliphatic carbocycles. The number of piperidine rings is 1. The Morgan fingerprint density at radius 2 is 1.83 bits per heavy atom. The lowest BCUT2D eigenvalue weighted by Gasteiger charge is -2.32. The summed E-state index contributed by atoms with van der Waals surface area (Å²) in [5, 5.41) is 2.90. The predicted molar refractivity (Wildman–Crippen MR) is 121 cm³/mol. The number of nitrogens with zero attached hydrogens (tertiary/aromatic N) is 2. The Kier molecular flexibility index (Phi) is 7.15. The molecule has 7 heteroatoms. The van der Waals surface area contributed by atoms with Crippen LogP contribution in [0.25, 0.3) is 0 Å². The minimum Gasteiger partial charge on any atom is -0.371 e. The smallest absolute Gasteiger partial charge is 0.243 e.